The van der Waals surface area contributed by atoms with E-state index < -0.39 is 6.10 Å². The van der Waals surface area contributed by atoms with Crippen molar-refractivity contribution in [2.24, 2.45) is 0 Å². The van der Waals surface area contributed by atoms with Crippen LogP contribution in [0.4, 0.5) is 0 Å². The van der Waals surface area contributed by atoms with E-state index in [2.05, 4.69) is 15.9 Å². The Hall–Kier alpha value is -0.550. The molecule has 0 fully saturated rings. The first-order chi connectivity index (χ1) is 8.95. The number of halogens is 2. The van der Waals surface area contributed by atoms with Crippen molar-refractivity contribution in [2.45, 2.75) is 20.0 Å². The van der Waals surface area contributed by atoms with Crippen molar-refractivity contribution in [1.82, 2.24) is 0 Å². The van der Waals surface area contributed by atoms with Crippen LogP contribution in [0.5, 0.6) is 5.75 Å². The molecule has 2 rings (SSSR count). The topological polar surface area (TPSA) is 29.5 Å². The van der Waals surface area contributed by atoms with Gasteiger partial charge in [-0.1, -0.05) is 27.5 Å². The van der Waals surface area contributed by atoms with E-state index in [0.29, 0.717) is 4.34 Å². The molecule has 0 aliphatic carbocycles. The first-order valence-electron chi connectivity index (χ1n) is 5.72. The molecule has 2 aromatic rings. The van der Waals surface area contributed by atoms with Crippen molar-refractivity contribution in [3.8, 4) is 5.75 Å². The molecule has 0 aliphatic rings. The van der Waals surface area contributed by atoms with Crippen LogP contribution in [0.1, 0.15) is 27.7 Å². The Labute approximate surface area is 130 Å². The van der Waals surface area contributed by atoms with E-state index in [1.54, 1.807) is 13.2 Å². The number of aliphatic hydroxyl groups is 1. The summed E-state index contributed by atoms with van der Waals surface area (Å²) in [5.74, 6) is 0.720. The van der Waals surface area contributed by atoms with Gasteiger partial charge in [0.1, 0.15) is 11.9 Å². The number of thiophene rings is 1. The molecule has 1 heterocycles. The molecule has 2 nitrogen and oxygen atoms in total. The van der Waals surface area contributed by atoms with Gasteiger partial charge in [-0.3, -0.25) is 0 Å². The molecule has 19 heavy (non-hydrogen) atoms. The standard InChI is InChI=1S/C14H14BrClO2S/c1-7-6-9(15)8(2)12(14(7)18-3)13(17)10-4-5-11(16)19-10/h4-6,13,17H,1-3H3. The van der Waals surface area contributed by atoms with Crippen LogP contribution in [0.25, 0.3) is 0 Å². The Bertz CT molecular complexity index is 610. The Kier molecular flexibility index (Phi) is 4.56. The van der Waals surface area contributed by atoms with Crippen LogP contribution in [0.2, 0.25) is 4.34 Å². The third-order valence-corrected chi connectivity index (χ3v) is 5.16. The highest BCUT2D eigenvalue weighted by Crippen LogP contribution is 2.40. The summed E-state index contributed by atoms with van der Waals surface area (Å²) < 4.78 is 7.08. The number of hydrogen-bond donors (Lipinski definition) is 1. The number of ether oxygens (including phenoxy) is 1. The molecule has 0 saturated carbocycles. The molecular formula is C14H14BrClO2S. The summed E-state index contributed by atoms with van der Waals surface area (Å²) in [6.07, 6.45) is -0.733. The van der Waals surface area contributed by atoms with Crippen molar-refractivity contribution in [2.75, 3.05) is 7.11 Å². The lowest BCUT2D eigenvalue weighted by Crippen LogP contribution is -2.05. The van der Waals surface area contributed by atoms with Gasteiger partial charge in [0.15, 0.2) is 0 Å². The second-order valence-electron chi connectivity index (χ2n) is 4.29. The molecule has 0 radical (unpaired) electrons. The van der Waals surface area contributed by atoms with Gasteiger partial charge in [-0.05, 0) is 43.2 Å². The zero-order valence-corrected chi connectivity index (χ0v) is 14.0. The summed E-state index contributed by atoms with van der Waals surface area (Å²) in [5.41, 5.74) is 2.74. The molecule has 1 atom stereocenters. The van der Waals surface area contributed by atoms with Crippen LogP contribution >= 0.6 is 38.9 Å². The van der Waals surface area contributed by atoms with Crippen molar-refractivity contribution < 1.29 is 9.84 Å². The summed E-state index contributed by atoms with van der Waals surface area (Å²) in [7, 11) is 1.62. The van der Waals surface area contributed by atoms with Crippen LogP contribution in [-0.4, -0.2) is 12.2 Å². The van der Waals surface area contributed by atoms with E-state index in [1.807, 2.05) is 26.0 Å². The molecule has 102 valence electrons. The van der Waals surface area contributed by atoms with Crippen molar-refractivity contribution >= 4 is 38.9 Å². The monoisotopic (exact) mass is 360 g/mol. The number of methoxy groups -OCH3 is 1. The molecule has 0 spiro atoms. The summed E-state index contributed by atoms with van der Waals surface area (Å²) >= 11 is 10.8. The lowest BCUT2D eigenvalue weighted by molar-refractivity contribution is 0.217. The van der Waals surface area contributed by atoms with E-state index >= 15 is 0 Å². The van der Waals surface area contributed by atoms with Gasteiger partial charge in [-0.15, -0.1) is 11.3 Å². The highest BCUT2D eigenvalue weighted by Gasteiger charge is 2.22. The molecule has 1 aromatic heterocycles. The van der Waals surface area contributed by atoms with E-state index in [9.17, 15) is 5.11 Å². The van der Waals surface area contributed by atoms with Gasteiger partial charge in [0.05, 0.1) is 11.4 Å². The van der Waals surface area contributed by atoms with E-state index in [-0.39, 0.29) is 0 Å². The number of aliphatic hydroxyl groups excluding tert-OH is 1. The van der Waals surface area contributed by atoms with Gasteiger partial charge in [0.25, 0.3) is 0 Å². The molecule has 1 N–H and O–H groups in total. The van der Waals surface area contributed by atoms with Gasteiger partial charge in [0, 0.05) is 14.9 Å². The molecule has 1 unspecified atom stereocenters. The molecule has 1 aromatic carbocycles. The summed E-state index contributed by atoms with van der Waals surface area (Å²) in [4.78, 5) is 0.809. The maximum absolute atomic E-state index is 10.6. The zero-order chi connectivity index (χ0) is 14.2. The minimum atomic E-state index is -0.733. The maximum Gasteiger partial charge on any atom is 0.128 e. The van der Waals surface area contributed by atoms with Crippen molar-refractivity contribution in [3.63, 3.8) is 0 Å². The number of rotatable bonds is 3. The van der Waals surface area contributed by atoms with Crippen LogP contribution in [-0.2, 0) is 0 Å². The first-order valence-corrected chi connectivity index (χ1v) is 7.71. The van der Waals surface area contributed by atoms with E-state index in [4.69, 9.17) is 16.3 Å². The average molecular weight is 362 g/mol. The van der Waals surface area contributed by atoms with Gasteiger partial charge >= 0.3 is 0 Å². The number of aryl methyl sites for hydroxylation is 1. The summed E-state index contributed by atoms with van der Waals surface area (Å²) in [6, 6.07) is 5.62. The number of benzene rings is 1. The largest absolute Gasteiger partial charge is 0.496 e. The summed E-state index contributed by atoms with van der Waals surface area (Å²) in [6.45, 7) is 3.92. The molecular weight excluding hydrogens is 348 g/mol. The van der Waals surface area contributed by atoms with Gasteiger partial charge in [0.2, 0.25) is 0 Å². The van der Waals surface area contributed by atoms with Gasteiger partial charge in [-0.25, -0.2) is 0 Å². The fourth-order valence-electron chi connectivity index (χ4n) is 2.09. The molecule has 0 bridgehead atoms. The third kappa shape index (κ3) is 2.82. The van der Waals surface area contributed by atoms with E-state index in [0.717, 1.165) is 31.8 Å². The second-order valence-corrected chi connectivity index (χ2v) is 6.89. The minimum Gasteiger partial charge on any atom is -0.496 e. The SMILES string of the molecule is COc1c(C)cc(Br)c(C)c1C(O)c1ccc(Cl)s1. The highest BCUT2D eigenvalue weighted by atomic mass is 79.9. The van der Waals surface area contributed by atoms with Gasteiger partial charge in [-0.2, -0.15) is 0 Å². The van der Waals surface area contributed by atoms with Gasteiger partial charge < -0.3 is 9.84 Å². The average Bonchev–Trinajstić information content (AvgIpc) is 2.79. The second kappa shape index (κ2) is 5.83. The first kappa shape index (κ1) is 14.9. The van der Waals surface area contributed by atoms with Crippen LogP contribution < -0.4 is 4.74 Å². The lowest BCUT2D eigenvalue weighted by atomic mass is 9.98. The Morgan fingerprint density at radius 2 is 2.05 bits per heavy atom. The van der Waals surface area contributed by atoms with E-state index in [1.165, 1.54) is 11.3 Å². The molecule has 0 saturated heterocycles. The van der Waals surface area contributed by atoms with Crippen LogP contribution in [0, 0.1) is 13.8 Å². The fraction of sp³-hybridized carbons (Fsp3) is 0.286. The molecule has 0 aliphatic heterocycles. The highest BCUT2D eigenvalue weighted by molar-refractivity contribution is 9.10. The fourth-order valence-corrected chi connectivity index (χ4v) is 3.71. The van der Waals surface area contributed by atoms with Crippen LogP contribution in [0.3, 0.4) is 0 Å². The molecule has 5 heteroatoms. The zero-order valence-electron chi connectivity index (χ0n) is 10.8. The van der Waals surface area contributed by atoms with Crippen LogP contribution in [0.15, 0.2) is 22.7 Å². The lowest BCUT2D eigenvalue weighted by Gasteiger charge is -2.19. The quantitative estimate of drug-likeness (QED) is 0.845. The Morgan fingerprint density at radius 1 is 1.37 bits per heavy atom. The molecule has 0 amide bonds. The predicted molar refractivity (Wildman–Crippen MR) is 83.6 cm³/mol. The van der Waals surface area contributed by atoms with Crippen molar-refractivity contribution in [3.05, 3.63) is 48.6 Å². The number of hydrogen-bond acceptors (Lipinski definition) is 3. The summed E-state index contributed by atoms with van der Waals surface area (Å²) in [5, 5.41) is 10.6. The normalized spacial score (nSPS) is 12.5. The van der Waals surface area contributed by atoms with Crippen molar-refractivity contribution in [1.29, 1.82) is 0 Å². The smallest absolute Gasteiger partial charge is 0.128 e. The predicted octanol–water partition coefficient (Wildman–Crippen LogP) is 4.87. The Morgan fingerprint density at radius 3 is 2.58 bits per heavy atom. The minimum absolute atomic E-state index is 0.664. The Balaban J connectivity index is 2.60. The third-order valence-electron chi connectivity index (χ3n) is 3.05. The maximum atomic E-state index is 10.6.